The van der Waals surface area contributed by atoms with E-state index in [0.717, 1.165) is 28.8 Å². The molecule has 7 heteroatoms. The molecule has 0 aliphatic rings. The molecule has 0 aliphatic heterocycles. The number of ether oxygens (including phenoxy) is 1. The van der Waals surface area contributed by atoms with Gasteiger partial charge in [0, 0.05) is 16.3 Å². The van der Waals surface area contributed by atoms with Crippen LogP contribution < -0.4 is 10.1 Å². The summed E-state index contributed by atoms with van der Waals surface area (Å²) in [6, 6.07) is 13.9. The van der Waals surface area contributed by atoms with Gasteiger partial charge in [0.15, 0.2) is 0 Å². The Kier molecular flexibility index (Phi) is 7.25. The third kappa shape index (κ3) is 5.48. The van der Waals surface area contributed by atoms with Gasteiger partial charge in [-0.25, -0.2) is 9.97 Å². The van der Waals surface area contributed by atoms with Crippen LogP contribution >= 0.6 is 11.6 Å². The van der Waals surface area contributed by atoms with Crippen molar-refractivity contribution >= 4 is 28.9 Å². The van der Waals surface area contributed by atoms with E-state index in [2.05, 4.69) is 15.3 Å². The summed E-state index contributed by atoms with van der Waals surface area (Å²) in [5.41, 5.74) is 4.47. The zero-order valence-corrected chi connectivity index (χ0v) is 17.7. The Morgan fingerprint density at radius 3 is 2.43 bits per heavy atom. The fraction of sp³-hybridized carbons (Fsp3) is 0.261. The van der Waals surface area contributed by atoms with Crippen molar-refractivity contribution < 1.29 is 14.6 Å². The van der Waals surface area contributed by atoms with Gasteiger partial charge in [-0.15, -0.1) is 0 Å². The molecule has 1 atom stereocenters. The van der Waals surface area contributed by atoms with Crippen LogP contribution in [0, 0.1) is 0 Å². The number of hydrogen-bond donors (Lipinski definition) is 2. The molecular formula is C23H24ClN3O3. The molecule has 0 saturated heterocycles. The molecule has 1 aromatic heterocycles. The summed E-state index contributed by atoms with van der Waals surface area (Å²) >= 11 is 6.04. The van der Waals surface area contributed by atoms with Crippen LogP contribution in [0.25, 0.3) is 11.1 Å². The lowest BCUT2D eigenvalue weighted by molar-refractivity contribution is -0.137. The van der Waals surface area contributed by atoms with Crippen molar-refractivity contribution in [1.29, 1.82) is 0 Å². The van der Waals surface area contributed by atoms with Crippen LogP contribution in [0.15, 0.2) is 54.9 Å². The van der Waals surface area contributed by atoms with Crippen LogP contribution in [0.1, 0.15) is 38.2 Å². The number of carboxylic acids is 1. The number of nitrogens with one attached hydrogen (secondary N) is 1. The minimum absolute atomic E-state index is 0.0705. The number of aromatic nitrogens is 2. The second-order valence-electron chi connectivity index (χ2n) is 6.83. The fourth-order valence-electron chi connectivity index (χ4n) is 3.25. The predicted molar refractivity (Wildman–Crippen MR) is 119 cm³/mol. The molecule has 0 radical (unpaired) electrons. The maximum atomic E-state index is 11.3. The minimum atomic E-state index is -0.807. The number of hydrogen-bond acceptors (Lipinski definition) is 5. The molecule has 0 unspecified atom stereocenters. The van der Waals surface area contributed by atoms with E-state index < -0.39 is 5.97 Å². The third-order valence-corrected chi connectivity index (χ3v) is 5.02. The summed E-state index contributed by atoms with van der Waals surface area (Å²) in [5, 5.41) is 13.3. The van der Waals surface area contributed by atoms with Crippen LogP contribution in [0.3, 0.4) is 0 Å². The number of nitrogens with zero attached hydrogens (tertiary/aromatic N) is 2. The van der Waals surface area contributed by atoms with Gasteiger partial charge in [-0.3, -0.25) is 4.79 Å². The molecule has 0 saturated carbocycles. The van der Waals surface area contributed by atoms with Gasteiger partial charge in [-0.05, 0) is 48.6 Å². The molecule has 3 rings (SSSR count). The standard InChI is InChI=1S/C23H24ClN3O3/c1-3-15(12-22(28)29)17-7-10-20(16-5-8-18(24)9-6-16)21(11-17)27-19-13-25-23(26-14-19)30-4-2/h5-11,13-15,27H,3-4,12H2,1-2H3,(H,28,29)/t15-/m1/s1. The summed E-state index contributed by atoms with van der Waals surface area (Å²) < 4.78 is 5.30. The largest absolute Gasteiger partial charge is 0.481 e. The quantitative estimate of drug-likeness (QED) is 0.443. The molecule has 0 fully saturated rings. The molecule has 0 amide bonds. The highest BCUT2D eigenvalue weighted by molar-refractivity contribution is 6.30. The zero-order chi connectivity index (χ0) is 21.5. The Hall–Kier alpha value is -3.12. The first-order valence-corrected chi connectivity index (χ1v) is 10.2. The maximum Gasteiger partial charge on any atom is 0.316 e. The second-order valence-corrected chi connectivity index (χ2v) is 7.26. The van der Waals surface area contributed by atoms with Crippen molar-refractivity contribution in [3.8, 4) is 17.1 Å². The number of aliphatic carboxylic acids is 1. The molecule has 0 aliphatic carbocycles. The van der Waals surface area contributed by atoms with E-state index in [9.17, 15) is 9.90 Å². The Bertz CT molecular complexity index is 992. The first kappa shape index (κ1) is 21.6. The maximum absolute atomic E-state index is 11.3. The Morgan fingerprint density at radius 1 is 1.13 bits per heavy atom. The Morgan fingerprint density at radius 2 is 1.83 bits per heavy atom. The van der Waals surface area contributed by atoms with Gasteiger partial charge in [0.05, 0.1) is 31.1 Å². The minimum Gasteiger partial charge on any atom is -0.481 e. The highest BCUT2D eigenvalue weighted by Gasteiger charge is 2.16. The van der Waals surface area contributed by atoms with Crippen LogP contribution in [0.2, 0.25) is 5.02 Å². The zero-order valence-electron chi connectivity index (χ0n) is 16.9. The highest BCUT2D eigenvalue weighted by atomic mass is 35.5. The summed E-state index contributed by atoms with van der Waals surface area (Å²) in [7, 11) is 0. The molecule has 2 aromatic carbocycles. The van der Waals surface area contributed by atoms with E-state index in [4.69, 9.17) is 16.3 Å². The summed E-state index contributed by atoms with van der Waals surface area (Å²) in [4.78, 5) is 19.7. The highest BCUT2D eigenvalue weighted by Crippen LogP contribution is 2.35. The molecule has 156 valence electrons. The van der Waals surface area contributed by atoms with Crippen molar-refractivity contribution in [1.82, 2.24) is 9.97 Å². The van der Waals surface area contributed by atoms with Gasteiger partial charge in [-0.2, -0.15) is 0 Å². The average molecular weight is 426 g/mol. The van der Waals surface area contributed by atoms with Gasteiger partial charge in [0.1, 0.15) is 0 Å². The monoisotopic (exact) mass is 425 g/mol. The van der Waals surface area contributed by atoms with Gasteiger partial charge < -0.3 is 15.2 Å². The van der Waals surface area contributed by atoms with Crippen molar-refractivity contribution in [3.05, 3.63) is 65.4 Å². The molecule has 3 aromatic rings. The number of anilines is 2. The van der Waals surface area contributed by atoms with Gasteiger partial charge in [0.25, 0.3) is 0 Å². The molecule has 0 spiro atoms. The molecule has 2 N–H and O–H groups in total. The lowest BCUT2D eigenvalue weighted by Crippen LogP contribution is -2.06. The van der Waals surface area contributed by atoms with Crippen LogP contribution in [-0.2, 0) is 4.79 Å². The smallest absolute Gasteiger partial charge is 0.316 e. The number of rotatable bonds is 9. The summed E-state index contributed by atoms with van der Waals surface area (Å²) in [6.45, 7) is 4.37. The van der Waals surface area contributed by atoms with Crippen molar-refractivity contribution in [2.75, 3.05) is 11.9 Å². The van der Waals surface area contributed by atoms with Crippen molar-refractivity contribution in [3.63, 3.8) is 0 Å². The first-order chi connectivity index (χ1) is 14.5. The summed E-state index contributed by atoms with van der Waals surface area (Å²) in [6.07, 6.45) is 4.14. The summed E-state index contributed by atoms with van der Waals surface area (Å²) in [5.74, 6) is -0.878. The Labute approximate surface area is 180 Å². The fourth-order valence-corrected chi connectivity index (χ4v) is 3.37. The number of carbonyl (C=O) groups is 1. The van der Waals surface area contributed by atoms with E-state index in [-0.39, 0.29) is 12.3 Å². The average Bonchev–Trinajstić information content (AvgIpc) is 2.74. The van der Waals surface area contributed by atoms with E-state index in [0.29, 0.717) is 23.3 Å². The third-order valence-electron chi connectivity index (χ3n) is 4.76. The lowest BCUT2D eigenvalue weighted by atomic mass is 9.90. The molecule has 0 bridgehead atoms. The molecular weight excluding hydrogens is 402 g/mol. The number of carboxylic acid groups (broad SMARTS) is 1. The Balaban J connectivity index is 1.99. The molecule has 1 heterocycles. The van der Waals surface area contributed by atoms with E-state index in [1.165, 1.54) is 0 Å². The van der Waals surface area contributed by atoms with Gasteiger partial charge in [0.2, 0.25) is 0 Å². The lowest BCUT2D eigenvalue weighted by Gasteiger charge is -2.18. The normalized spacial score (nSPS) is 11.7. The van der Waals surface area contributed by atoms with Crippen LogP contribution in [0.4, 0.5) is 11.4 Å². The van der Waals surface area contributed by atoms with E-state index >= 15 is 0 Å². The van der Waals surface area contributed by atoms with E-state index in [1.54, 1.807) is 12.4 Å². The van der Waals surface area contributed by atoms with Gasteiger partial charge in [-0.1, -0.05) is 42.8 Å². The first-order valence-electron chi connectivity index (χ1n) is 9.83. The number of benzene rings is 2. The molecule has 30 heavy (non-hydrogen) atoms. The van der Waals surface area contributed by atoms with Gasteiger partial charge >= 0.3 is 12.0 Å². The van der Waals surface area contributed by atoms with E-state index in [1.807, 2.05) is 56.3 Å². The molecule has 6 nitrogen and oxygen atoms in total. The number of halogens is 1. The topological polar surface area (TPSA) is 84.3 Å². The van der Waals surface area contributed by atoms with Crippen molar-refractivity contribution in [2.45, 2.75) is 32.6 Å². The SMILES string of the molecule is CCOc1ncc(Nc2cc([C@H](CC)CC(=O)O)ccc2-c2ccc(Cl)cc2)cn1. The van der Waals surface area contributed by atoms with Crippen molar-refractivity contribution in [2.24, 2.45) is 0 Å². The van der Waals surface area contributed by atoms with Crippen LogP contribution in [-0.4, -0.2) is 27.7 Å². The van der Waals surface area contributed by atoms with Crippen LogP contribution in [0.5, 0.6) is 6.01 Å². The predicted octanol–water partition coefficient (Wildman–Crippen LogP) is 5.91. The second kappa shape index (κ2) is 10.1.